The van der Waals surface area contributed by atoms with Crippen LogP contribution < -0.4 is 10.6 Å². The van der Waals surface area contributed by atoms with Crippen molar-refractivity contribution in [3.8, 4) is 0 Å². The van der Waals surface area contributed by atoms with Gasteiger partial charge in [0.15, 0.2) is 0 Å². The summed E-state index contributed by atoms with van der Waals surface area (Å²) in [5, 5.41) is 15.1. The van der Waals surface area contributed by atoms with Gasteiger partial charge in [-0.25, -0.2) is 0 Å². The number of hydrogen-bond acceptors (Lipinski definition) is 3. The summed E-state index contributed by atoms with van der Waals surface area (Å²) in [4.78, 5) is 12.1. The third-order valence-corrected chi connectivity index (χ3v) is 3.24. The second-order valence-electron chi connectivity index (χ2n) is 4.68. The highest BCUT2D eigenvalue weighted by molar-refractivity contribution is 5.98. The van der Waals surface area contributed by atoms with Gasteiger partial charge in [0.25, 0.3) is 0 Å². The van der Waals surface area contributed by atoms with Crippen molar-refractivity contribution < 1.29 is 9.90 Å². The van der Waals surface area contributed by atoms with E-state index in [1.54, 1.807) is 6.07 Å². The maximum atomic E-state index is 12.1. The summed E-state index contributed by atoms with van der Waals surface area (Å²) in [6.07, 6.45) is 1.89. The quantitative estimate of drug-likeness (QED) is 0.738. The molecule has 1 aromatic carbocycles. The number of nitrogens with one attached hydrogen (secondary N) is 2. The minimum Gasteiger partial charge on any atom is -0.392 e. The highest BCUT2D eigenvalue weighted by atomic mass is 16.3. The van der Waals surface area contributed by atoms with Crippen LogP contribution in [0, 0.1) is 0 Å². The van der Waals surface area contributed by atoms with Gasteiger partial charge in [-0.05, 0) is 44.0 Å². The van der Waals surface area contributed by atoms with Crippen LogP contribution in [0.4, 0.5) is 5.69 Å². The molecule has 0 bridgehead atoms. The Kier molecular flexibility index (Phi) is 3.45. The summed E-state index contributed by atoms with van der Waals surface area (Å²) in [6.45, 7) is 2.80. The Morgan fingerprint density at radius 1 is 1.59 bits per heavy atom. The van der Waals surface area contributed by atoms with Crippen LogP contribution >= 0.6 is 0 Å². The Morgan fingerprint density at radius 2 is 2.41 bits per heavy atom. The molecule has 0 spiro atoms. The standard InChI is InChI=1S/C13H18N2O2/c1-13(6-3-7-14-13)12(17)15-11-5-2-4-10(8-11)9-16/h2,4-5,8,14,16H,3,6-7,9H2,1H3,(H,15,17). The van der Waals surface area contributed by atoms with Crippen molar-refractivity contribution in [2.24, 2.45) is 0 Å². The molecular formula is C13H18N2O2. The lowest BCUT2D eigenvalue weighted by Gasteiger charge is -2.23. The average molecular weight is 234 g/mol. The van der Waals surface area contributed by atoms with E-state index in [4.69, 9.17) is 5.11 Å². The van der Waals surface area contributed by atoms with Gasteiger partial charge in [0.2, 0.25) is 5.91 Å². The van der Waals surface area contributed by atoms with E-state index < -0.39 is 5.54 Å². The minimum atomic E-state index is -0.463. The van der Waals surface area contributed by atoms with Crippen LogP contribution in [0.15, 0.2) is 24.3 Å². The zero-order valence-electron chi connectivity index (χ0n) is 9.99. The smallest absolute Gasteiger partial charge is 0.244 e. The monoisotopic (exact) mass is 234 g/mol. The molecule has 0 aliphatic carbocycles. The Bertz CT molecular complexity index is 412. The van der Waals surface area contributed by atoms with Crippen molar-refractivity contribution in [3.63, 3.8) is 0 Å². The molecule has 3 N–H and O–H groups in total. The Labute approximate surface area is 101 Å². The van der Waals surface area contributed by atoms with Crippen LogP contribution in [0.3, 0.4) is 0 Å². The van der Waals surface area contributed by atoms with Gasteiger partial charge in [-0.1, -0.05) is 12.1 Å². The van der Waals surface area contributed by atoms with Gasteiger partial charge in [-0.2, -0.15) is 0 Å². The molecule has 1 fully saturated rings. The summed E-state index contributed by atoms with van der Waals surface area (Å²) < 4.78 is 0. The van der Waals surface area contributed by atoms with Gasteiger partial charge in [0, 0.05) is 5.69 Å². The van der Waals surface area contributed by atoms with E-state index in [2.05, 4.69) is 10.6 Å². The number of rotatable bonds is 3. The lowest BCUT2D eigenvalue weighted by molar-refractivity contribution is -0.121. The Balaban J connectivity index is 2.07. The van der Waals surface area contributed by atoms with Crippen LogP contribution in [-0.4, -0.2) is 23.1 Å². The fourth-order valence-electron chi connectivity index (χ4n) is 2.10. The zero-order valence-corrected chi connectivity index (χ0v) is 9.99. The molecule has 1 aliphatic heterocycles. The molecule has 1 heterocycles. The number of benzene rings is 1. The molecule has 4 nitrogen and oxygen atoms in total. The lowest BCUT2D eigenvalue weighted by Crippen LogP contribution is -2.47. The van der Waals surface area contributed by atoms with Crippen LogP contribution in [0.2, 0.25) is 0 Å². The first kappa shape index (κ1) is 12.1. The van der Waals surface area contributed by atoms with Crippen LogP contribution in [0.1, 0.15) is 25.3 Å². The van der Waals surface area contributed by atoms with E-state index in [9.17, 15) is 4.79 Å². The highest BCUT2D eigenvalue weighted by Gasteiger charge is 2.35. The zero-order chi connectivity index (χ0) is 12.3. The molecule has 92 valence electrons. The van der Waals surface area contributed by atoms with Crippen LogP contribution in [0.25, 0.3) is 0 Å². The topological polar surface area (TPSA) is 61.4 Å². The molecular weight excluding hydrogens is 216 g/mol. The highest BCUT2D eigenvalue weighted by Crippen LogP contribution is 2.21. The van der Waals surface area contributed by atoms with Crippen molar-refractivity contribution in [2.45, 2.75) is 31.9 Å². The molecule has 1 atom stereocenters. The molecule has 4 heteroatoms. The van der Waals surface area contributed by atoms with Gasteiger partial charge < -0.3 is 15.7 Å². The molecule has 1 saturated heterocycles. The van der Waals surface area contributed by atoms with Crippen LogP contribution in [-0.2, 0) is 11.4 Å². The molecule has 1 aromatic rings. The summed E-state index contributed by atoms with van der Waals surface area (Å²) in [7, 11) is 0. The Hall–Kier alpha value is -1.39. The molecule has 1 aliphatic rings. The minimum absolute atomic E-state index is 0.00918. The van der Waals surface area contributed by atoms with Crippen molar-refractivity contribution >= 4 is 11.6 Å². The van der Waals surface area contributed by atoms with E-state index in [0.717, 1.165) is 30.6 Å². The maximum absolute atomic E-state index is 12.1. The molecule has 0 saturated carbocycles. The van der Waals surface area contributed by atoms with Crippen molar-refractivity contribution in [1.29, 1.82) is 0 Å². The maximum Gasteiger partial charge on any atom is 0.244 e. The lowest BCUT2D eigenvalue weighted by atomic mass is 9.99. The van der Waals surface area contributed by atoms with E-state index in [1.807, 2.05) is 25.1 Å². The van der Waals surface area contributed by atoms with Gasteiger partial charge in [-0.15, -0.1) is 0 Å². The average Bonchev–Trinajstić information content (AvgIpc) is 2.78. The predicted octanol–water partition coefficient (Wildman–Crippen LogP) is 1.26. The van der Waals surface area contributed by atoms with Gasteiger partial charge in [0.1, 0.15) is 0 Å². The summed E-state index contributed by atoms with van der Waals surface area (Å²) in [5.74, 6) is -0.00918. The summed E-state index contributed by atoms with van der Waals surface area (Å²) in [5.41, 5.74) is 1.07. The largest absolute Gasteiger partial charge is 0.392 e. The first-order valence-electron chi connectivity index (χ1n) is 5.90. The number of carbonyl (C=O) groups is 1. The molecule has 1 amide bonds. The van der Waals surface area contributed by atoms with Gasteiger partial charge >= 0.3 is 0 Å². The second-order valence-corrected chi connectivity index (χ2v) is 4.68. The number of anilines is 1. The fraction of sp³-hybridized carbons (Fsp3) is 0.462. The SMILES string of the molecule is CC1(C(=O)Nc2cccc(CO)c2)CCCN1. The Morgan fingerprint density at radius 3 is 3.06 bits per heavy atom. The number of carbonyl (C=O) groups excluding carboxylic acids is 1. The van der Waals surface area contributed by atoms with Gasteiger partial charge in [0.05, 0.1) is 12.1 Å². The summed E-state index contributed by atoms with van der Waals surface area (Å²) in [6, 6.07) is 7.27. The first-order chi connectivity index (χ1) is 8.14. The molecule has 0 radical (unpaired) electrons. The van der Waals surface area contributed by atoms with Crippen LogP contribution in [0.5, 0.6) is 0 Å². The van der Waals surface area contributed by atoms with E-state index in [-0.39, 0.29) is 12.5 Å². The molecule has 2 rings (SSSR count). The van der Waals surface area contributed by atoms with E-state index in [1.165, 1.54) is 0 Å². The fourth-order valence-corrected chi connectivity index (χ4v) is 2.10. The third kappa shape index (κ3) is 2.65. The number of aliphatic hydroxyl groups excluding tert-OH is 1. The van der Waals surface area contributed by atoms with E-state index in [0.29, 0.717) is 0 Å². The van der Waals surface area contributed by atoms with Gasteiger partial charge in [-0.3, -0.25) is 4.79 Å². The molecule has 0 aromatic heterocycles. The van der Waals surface area contributed by atoms with Crippen molar-refractivity contribution in [1.82, 2.24) is 5.32 Å². The summed E-state index contributed by atoms with van der Waals surface area (Å²) >= 11 is 0. The number of amides is 1. The second kappa shape index (κ2) is 4.85. The van der Waals surface area contributed by atoms with Crippen molar-refractivity contribution in [3.05, 3.63) is 29.8 Å². The van der Waals surface area contributed by atoms with Crippen molar-refractivity contribution in [2.75, 3.05) is 11.9 Å². The number of aliphatic hydroxyl groups is 1. The molecule has 17 heavy (non-hydrogen) atoms. The van der Waals surface area contributed by atoms with E-state index >= 15 is 0 Å². The third-order valence-electron chi connectivity index (χ3n) is 3.24. The number of hydrogen-bond donors (Lipinski definition) is 3. The predicted molar refractivity (Wildman–Crippen MR) is 66.6 cm³/mol. The molecule has 1 unspecified atom stereocenters. The first-order valence-corrected chi connectivity index (χ1v) is 5.90. The normalized spacial score (nSPS) is 23.6.